The summed E-state index contributed by atoms with van der Waals surface area (Å²) >= 11 is 5.01. The molecule has 0 unspecified atom stereocenters. The second-order valence-electron chi connectivity index (χ2n) is 4.25. The van der Waals surface area contributed by atoms with Gasteiger partial charge in [-0.3, -0.25) is 4.79 Å². The number of anilines is 1. The lowest BCUT2D eigenvalue weighted by Crippen LogP contribution is -2.36. The zero-order valence-electron chi connectivity index (χ0n) is 11.0. The van der Waals surface area contributed by atoms with E-state index in [4.69, 9.17) is 17.0 Å². The highest BCUT2D eigenvalue weighted by Crippen LogP contribution is 2.29. The highest BCUT2D eigenvalue weighted by Gasteiger charge is 2.25. The van der Waals surface area contributed by atoms with E-state index < -0.39 is 17.5 Å². The van der Waals surface area contributed by atoms with Gasteiger partial charge >= 0.3 is 0 Å². The number of methoxy groups -OCH3 is 1. The van der Waals surface area contributed by atoms with Crippen LogP contribution < -0.4 is 15.4 Å². The fourth-order valence-corrected chi connectivity index (χ4v) is 2.24. The Kier molecular flexibility index (Phi) is 4.37. The Morgan fingerprint density at radius 3 is 2.81 bits per heavy atom. The number of aliphatic hydroxyl groups excluding tert-OH is 1. The zero-order chi connectivity index (χ0) is 15.6. The van der Waals surface area contributed by atoms with E-state index in [0.717, 1.165) is 6.07 Å². The number of benzene rings is 1. The minimum absolute atomic E-state index is 0.0707. The lowest BCUT2D eigenvalue weighted by Gasteiger charge is -2.19. The average Bonchev–Trinajstić information content (AvgIpc) is 2.37. The average molecular weight is 314 g/mol. The Bertz CT molecular complexity index is 647. The lowest BCUT2D eigenvalue weighted by atomic mass is 10.1. The van der Waals surface area contributed by atoms with Gasteiger partial charge < -0.3 is 20.5 Å². The molecule has 2 rings (SSSR count). The van der Waals surface area contributed by atoms with Gasteiger partial charge in [0.1, 0.15) is 22.1 Å². The standard InChI is InChI=1S/C13H12F2N2O3S/c1-20-11-7(15)4-6(14)5-8(11)17-13(21)10-9(18)2-3-16-12(10)19/h4-5,18H,2-3H2,1H3,(H,16,19)(H,17,21). The molecule has 0 spiro atoms. The Morgan fingerprint density at radius 2 is 2.19 bits per heavy atom. The van der Waals surface area contributed by atoms with E-state index in [1.807, 2.05) is 0 Å². The van der Waals surface area contributed by atoms with Gasteiger partial charge in [-0.2, -0.15) is 0 Å². The van der Waals surface area contributed by atoms with Crippen LogP contribution in [-0.2, 0) is 4.79 Å². The number of rotatable bonds is 3. The van der Waals surface area contributed by atoms with Crippen LogP contribution in [0, 0.1) is 11.6 Å². The molecule has 1 amide bonds. The zero-order valence-corrected chi connectivity index (χ0v) is 11.8. The number of thiocarbonyl (C=S) groups is 1. The smallest absolute Gasteiger partial charge is 0.257 e. The summed E-state index contributed by atoms with van der Waals surface area (Å²) in [6.45, 7) is 0.300. The van der Waals surface area contributed by atoms with Crippen LogP contribution in [0.2, 0.25) is 0 Å². The Balaban J connectivity index is 2.34. The second kappa shape index (κ2) is 6.04. The predicted octanol–water partition coefficient (Wildman–Crippen LogP) is 2.04. The molecule has 0 bridgehead atoms. The first-order valence-electron chi connectivity index (χ1n) is 5.98. The van der Waals surface area contributed by atoms with E-state index >= 15 is 0 Å². The van der Waals surface area contributed by atoms with Crippen molar-refractivity contribution in [3.8, 4) is 5.75 Å². The van der Waals surface area contributed by atoms with E-state index in [-0.39, 0.29) is 34.2 Å². The molecule has 8 heteroatoms. The number of aliphatic hydroxyl groups is 1. The number of carbonyl (C=O) groups is 1. The highest BCUT2D eigenvalue weighted by atomic mass is 32.1. The molecule has 3 N–H and O–H groups in total. The first kappa shape index (κ1) is 15.2. The van der Waals surface area contributed by atoms with Gasteiger partial charge in [-0.25, -0.2) is 8.78 Å². The van der Waals surface area contributed by atoms with Crippen molar-refractivity contribution in [3.63, 3.8) is 0 Å². The molecule has 112 valence electrons. The maximum atomic E-state index is 13.6. The normalized spacial score (nSPS) is 14.7. The van der Waals surface area contributed by atoms with Crippen LogP contribution in [0.3, 0.4) is 0 Å². The molecule has 5 nitrogen and oxygen atoms in total. The molecule has 0 saturated carbocycles. The molecule has 1 aromatic carbocycles. The minimum atomic E-state index is -0.908. The maximum absolute atomic E-state index is 13.6. The number of ether oxygens (including phenoxy) is 1. The van der Waals surface area contributed by atoms with Crippen molar-refractivity contribution in [1.82, 2.24) is 5.32 Å². The molecule has 0 aromatic heterocycles. The van der Waals surface area contributed by atoms with E-state index in [1.165, 1.54) is 7.11 Å². The van der Waals surface area contributed by atoms with Crippen molar-refractivity contribution in [3.05, 3.63) is 35.1 Å². The van der Waals surface area contributed by atoms with Crippen LogP contribution in [-0.4, -0.2) is 29.7 Å². The molecule has 1 aliphatic heterocycles. The van der Waals surface area contributed by atoms with Crippen LogP contribution in [0.5, 0.6) is 5.75 Å². The second-order valence-corrected chi connectivity index (χ2v) is 4.66. The quantitative estimate of drug-likeness (QED) is 0.745. The molecule has 1 aromatic rings. The van der Waals surface area contributed by atoms with Gasteiger partial charge in [-0.05, 0) is 0 Å². The number of amides is 1. The predicted molar refractivity (Wildman–Crippen MR) is 76.4 cm³/mol. The van der Waals surface area contributed by atoms with Crippen LogP contribution in [0.4, 0.5) is 14.5 Å². The Labute approximate surface area is 124 Å². The van der Waals surface area contributed by atoms with E-state index in [9.17, 15) is 18.7 Å². The summed E-state index contributed by atoms with van der Waals surface area (Å²) in [6.07, 6.45) is 0.234. The molecule has 1 aliphatic rings. The molecule has 0 atom stereocenters. The van der Waals surface area contributed by atoms with Crippen molar-refractivity contribution in [2.24, 2.45) is 0 Å². The number of carbonyl (C=O) groups excluding carboxylic acids is 1. The van der Waals surface area contributed by atoms with Gasteiger partial charge in [-0.15, -0.1) is 0 Å². The third-order valence-electron chi connectivity index (χ3n) is 2.85. The number of halogens is 2. The summed E-state index contributed by atoms with van der Waals surface area (Å²) in [4.78, 5) is 11.5. The lowest BCUT2D eigenvalue weighted by molar-refractivity contribution is -0.117. The first-order valence-corrected chi connectivity index (χ1v) is 6.39. The molecular weight excluding hydrogens is 302 g/mol. The molecule has 0 aliphatic carbocycles. The SMILES string of the molecule is COc1c(F)cc(F)cc1NC(=S)C1=C(O)CCNC1=O. The molecule has 0 fully saturated rings. The van der Waals surface area contributed by atoms with Gasteiger partial charge in [0, 0.05) is 25.1 Å². The summed E-state index contributed by atoms with van der Waals surface area (Å²) in [7, 11) is 1.22. The van der Waals surface area contributed by atoms with Gasteiger partial charge in [0.05, 0.1) is 12.8 Å². The Morgan fingerprint density at radius 1 is 1.48 bits per heavy atom. The number of nitrogens with one attached hydrogen (secondary N) is 2. The topological polar surface area (TPSA) is 70.6 Å². The molecule has 0 saturated heterocycles. The van der Waals surface area contributed by atoms with Crippen LogP contribution in [0.1, 0.15) is 6.42 Å². The van der Waals surface area contributed by atoms with Crippen molar-refractivity contribution in [2.75, 3.05) is 19.0 Å². The van der Waals surface area contributed by atoms with Crippen molar-refractivity contribution < 1.29 is 23.4 Å². The summed E-state index contributed by atoms with van der Waals surface area (Å²) in [5.41, 5.74) is -0.193. The van der Waals surface area contributed by atoms with Crippen molar-refractivity contribution >= 4 is 28.8 Å². The number of hydrogen-bond acceptors (Lipinski definition) is 4. The number of hydrogen-bond donors (Lipinski definition) is 3. The summed E-state index contributed by atoms with van der Waals surface area (Å²) in [5.74, 6) is -2.70. The monoisotopic (exact) mass is 314 g/mol. The third-order valence-corrected chi connectivity index (χ3v) is 3.16. The third kappa shape index (κ3) is 3.10. The highest BCUT2D eigenvalue weighted by molar-refractivity contribution is 7.81. The maximum Gasteiger partial charge on any atom is 0.257 e. The van der Waals surface area contributed by atoms with Crippen LogP contribution >= 0.6 is 12.2 Å². The first-order chi connectivity index (χ1) is 9.93. The fourth-order valence-electron chi connectivity index (χ4n) is 1.92. The van der Waals surface area contributed by atoms with Crippen LogP contribution in [0.25, 0.3) is 0 Å². The summed E-state index contributed by atoms with van der Waals surface area (Å²) in [5, 5.41) is 14.8. The van der Waals surface area contributed by atoms with Crippen molar-refractivity contribution in [1.29, 1.82) is 0 Å². The van der Waals surface area contributed by atoms with Crippen molar-refractivity contribution in [2.45, 2.75) is 6.42 Å². The van der Waals surface area contributed by atoms with Gasteiger partial charge in [0.25, 0.3) is 5.91 Å². The van der Waals surface area contributed by atoms with Gasteiger partial charge in [0.2, 0.25) is 0 Å². The molecule has 21 heavy (non-hydrogen) atoms. The fraction of sp³-hybridized carbons (Fsp3) is 0.231. The Hall–Kier alpha value is -2.22. The minimum Gasteiger partial charge on any atom is -0.511 e. The summed E-state index contributed by atoms with van der Waals surface area (Å²) in [6, 6.07) is 1.64. The molecule has 0 radical (unpaired) electrons. The molecule has 1 heterocycles. The van der Waals surface area contributed by atoms with Gasteiger partial charge in [0.15, 0.2) is 11.6 Å². The largest absolute Gasteiger partial charge is 0.511 e. The van der Waals surface area contributed by atoms with E-state index in [2.05, 4.69) is 10.6 Å². The summed E-state index contributed by atoms with van der Waals surface area (Å²) < 4.78 is 31.7. The molecular formula is C13H12F2N2O3S. The van der Waals surface area contributed by atoms with E-state index in [1.54, 1.807) is 0 Å². The van der Waals surface area contributed by atoms with Gasteiger partial charge in [-0.1, -0.05) is 12.2 Å². The van der Waals surface area contributed by atoms with Crippen LogP contribution in [0.15, 0.2) is 23.5 Å². The van der Waals surface area contributed by atoms with E-state index in [0.29, 0.717) is 12.6 Å².